The van der Waals surface area contributed by atoms with E-state index in [4.69, 9.17) is 18.9 Å². The van der Waals surface area contributed by atoms with Crippen molar-refractivity contribution in [3.05, 3.63) is 34.9 Å². The van der Waals surface area contributed by atoms with E-state index in [2.05, 4.69) is 39.0 Å². The minimum absolute atomic E-state index is 0.0526. The van der Waals surface area contributed by atoms with Crippen molar-refractivity contribution in [3.8, 4) is 0 Å². The fraction of sp³-hybridized carbons (Fsp3) is 0.667. The summed E-state index contributed by atoms with van der Waals surface area (Å²) in [6, 6.07) is 6.33. The highest BCUT2D eigenvalue weighted by Gasteiger charge is 2.51. The molecule has 0 aromatic heterocycles. The van der Waals surface area contributed by atoms with Gasteiger partial charge in [-0.25, -0.2) is 0 Å². The molecule has 2 fully saturated rings. The van der Waals surface area contributed by atoms with Gasteiger partial charge in [-0.3, -0.25) is 0 Å². The summed E-state index contributed by atoms with van der Waals surface area (Å²) in [5, 5.41) is 0. The van der Waals surface area contributed by atoms with Crippen LogP contribution in [0.15, 0.2) is 18.2 Å². The summed E-state index contributed by atoms with van der Waals surface area (Å²) in [5.41, 5.74) is 3.78. The van der Waals surface area contributed by atoms with Gasteiger partial charge in [-0.15, -0.1) is 0 Å². The van der Waals surface area contributed by atoms with Crippen molar-refractivity contribution in [1.29, 1.82) is 0 Å². The van der Waals surface area contributed by atoms with E-state index in [0.717, 1.165) is 12.8 Å². The second-order valence-electron chi connectivity index (χ2n) is 6.28. The van der Waals surface area contributed by atoms with E-state index >= 15 is 0 Å². The molecule has 4 heteroatoms. The van der Waals surface area contributed by atoms with Crippen LogP contribution in [0.1, 0.15) is 43.4 Å². The fourth-order valence-corrected chi connectivity index (χ4v) is 3.36. The lowest BCUT2D eigenvalue weighted by Crippen LogP contribution is -2.35. The van der Waals surface area contributed by atoms with Crippen molar-refractivity contribution in [2.45, 2.75) is 78.0 Å². The molecule has 0 N–H and O–H groups in total. The van der Waals surface area contributed by atoms with Gasteiger partial charge in [-0.2, -0.15) is 0 Å². The Morgan fingerprint density at radius 1 is 1.09 bits per heavy atom. The van der Waals surface area contributed by atoms with Crippen LogP contribution >= 0.6 is 0 Å². The van der Waals surface area contributed by atoms with Gasteiger partial charge in [0.25, 0.3) is 0 Å². The Labute approximate surface area is 132 Å². The Balaban J connectivity index is 1.71. The molecule has 0 aliphatic carbocycles. The van der Waals surface area contributed by atoms with Crippen molar-refractivity contribution < 1.29 is 18.9 Å². The maximum Gasteiger partial charge on any atom is 0.189 e. The molecule has 0 saturated carbocycles. The Bertz CT molecular complexity index is 496. The second-order valence-corrected chi connectivity index (χ2v) is 6.28. The molecule has 2 saturated heterocycles. The molecule has 1 aromatic carbocycles. The summed E-state index contributed by atoms with van der Waals surface area (Å²) >= 11 is 0. The van der Waals surface area contributed by atoms with E-state index in [-0.39, 0.29) is 30.9 Å². The summed E-state index contributed by atoms with van der Waals surface area (Å²) in [4.78, 5) is 0. The van der Waals surface area contributed by atoms with Crippen LogP contribution in [-0.4, -0.2) is 30.9 Å². The summed E-state index contributed by atoms with van der Waals surface area (Å²) in [7, 11) is 0. The highest BCUT2D eigenvalue weighted by Crippen LogP contribution is 2.36. The van der Waals surface area contributed by atoms with Crippen LogP contribution in [0.3, 0.4) is 0 Å². The minimum Gasteiger partial charge on any atom is -0.368 e. The third-order valence-electron chi connectivity index (χ3n) is 4.58. The number of fused-ring (bicyclic) bond motifs is 1. The van der Waals surface area contributed by atoms with E-state index < -0.39 is 0 Å². The Morgan fingerprint density at radius 3 is 2.50 bits per heavy atom. The molecular weight excluding hydrogens is 280 g/mol. The van der Waals surface area contributed by atoms with Crippen molar-refractivity contribution in [3.63, 3.8) is 0 Å². The van der Waals surface area contributed by atoms with Crippen LogP contribution in [0.5, 0.6) is 0 Å². The molecule has 2 aliphatic rings. The fourth-order valence-electron chi connectivity index (χ4n) is 3.36. The Kier molecular flexibility index (Phi) is 4.83. The van der Waals surface area contributed by atoms with Gasteiger partial charge in [0, 0.05) is 0 Å². The molecule has 1 aromatic rings. The van der Waals surface area contributed by atoms with Crippen LogP contribution < -0.4 is 0 Å². The zero-order valence-corrected chi connectivity index (χ0v) is 13.9. The third kappa shape index (κ3) is 3.06. The van der Waals surface area contributed by atoms with E-state index in [9.17, 15) is 0 Å². The lowest BCUT2D eigenvalue weighted by Gasteiger charge is -2.23. The molecule has 0 bridgehead atoms. The molecule has 3 rings (SSSR count). The van der Waals surface area contributed by atoms with Gasteiger partial charge < -0.3 is 18.9 Å². The van der Waals surface area contributed by atoms with Crippen molar-refractivity contribution in [2.24, 2.45) is 0 Å². The predicted octanol–water partition coefficient (Wildman–Crippen LogP) is 3.48. The number of benzene rings is 1. The van der Waals surface area contributed by atoms with Gasteiger partial charge in [0.2, 0.25) is 0 Å². The van der Waals surface area contributed by atoms with Crippen molar-refractivity contribution >= 4 is 0 Å². The number of hydrogen-bond donors (Lipinski definition) is 0. The average molecular weight is 306 g/mol. The second kappa shape index (κ2) is 6.67. The number of hydrogen-bond acceptors (Lipinski definition) is 4. The molecular formula is C18H26O4. The first-order valence-corrected chi connectivity index (χ1v) is 8.23. The normalized spacial score (nSPS) is 34.1. The highest BCUT2D eigenvalue weighted by molar-refractivity contribution is 5.32. The first kappa shape index (κ1) is 15.9. The lowest BCUT2D eigenvalue weighted by molar-refractivity contribution is -0.168. The van der Waals surface area contributed by atoms with Gasteiger partial charge in [-0.05, 0) is 43.9 Å². The van der Waals surface area contributed by atoms with Crippen LogP contribution in [0, 0.1) is 13.8 Å². The van der Waals surface area contributed by atoms with Crippen LogP contribution in [0.4, 0.5) is 0 Å². The zero-order valence-electron chi connectivity index (χ0n) is 13.9. The largest absolute Gasteiger partial charge is 0.368 e. The summed E-state index contributed by atoms with van der Waals surface area (Å²) in [6.07, 6.45) is 1.40. The van der Waals surface area contributed by atoms with E-state index in [0.29, 0.717) is 6.61 Å². The van der Waals surface area contributed by atoms with Crippen molar-refractivity contribution in [2.75, 3.05) is 0 Å². The molecule has 0 spiro atoms. The third-order valence-corrected chi connectivity index (χ3v) is 4.58. The van der Waals surface area contributed by atoms with Gasteiger partial charge in [-0.1, -0.05) is 31.5 Å². The van der Waals surface area contributed by atoms with Gasteiger partial charge in [0.15, 0.2) is 12.6 Å². The van der Waals surface area contributed by atoms with E-state index in [1.165, 1.54) is 16.7 Å². The van der Waals surface area contributed by atoms with Gasteiger partial charge >= 0.3 is 0 Å². The Hall–Kier alpha value is -0.940. The quantitative estimate of drug-likeness (QED) is 0.834. The zero-order chi connectivity index (χ0) is 15.7. The van der Waals surface area contributed by atoms with E-state index in [1.807, 2.05) is 6.92 Å². The topological polar surface area (TPSA) is 36.9 Å². The molecule has 1 unspecified atom stereocenters. The maximum absolute atomic E-state index is 6.25. The highest BCUT2D eigenvalue weighted by atomic mass is 16.8. The van der Waals surface area contributed by atoms with Crippen LogP contribution in [-0.2, 0) is 25.6 Å². The average Bonchev–Trinajstić information content (AvgIpc) is 2.96. The Morgan fingerprint density at radius 2 is 1.82 bits per heavy atom. The molecule has 22 heavy (non-hydrogen) atoms. The maximum atomic E-state index is 6.25. The SMILES string of the molecule is CCC[C@H]1O[C@@H]2OC(C)O[C@@H]2[C@H]1OCc1c(C)cccc1C. The monoisotopic (exact) mass is 306 g/mol. The summed E-state index contributed by atoms with van der Waals surface area (Å²) < 4.78 is 23.8. The molecule has 0 amide bonds. The predicted molar refractivity (Wildman–Crippen MR) is 83.5 cm³/mol. The minimum atomic E-state index is -0.283. The standard InChI is InChI=1S/C18H26O4/c1-5-7-15-16(17-18(22-15)21-13(4)20-17)19-10-14-11(2)8-6-9-12(14)3/h6,8-9,13,15-18H,5,7,10H2,1-4H3/t13?,15-,16+,17-,18+/m1/s1. The van der Waals surface area contributed by atoms with Gasteiger partial charge in [0.1, 0.15) is 12.2 Å². The molecule has 4 nitrogen and oxygen atoms in total. The molecule has 2 aliphatic heterocycles. The number of ether oxygens (including phenoxy) is 4. The number of aryl methyl sites for hydroxylation is 2. The number of rotatable bonds is 5. The van der Waals surface area contributed by atoms with Crippen molar-refractivity contribution in [1.82, 2.24) is 0 Å². The molecule has 5 atom stereocenters. The lowest BCUT2D eigenvalue weighted by atomic mass is 10.0. The molecule has 2 heterocycles. The van der Waals surface area contributed by atoms with Crippen LogP contribution in [0.2, 0.25) is 0 Å². The molecule has 0 radical (unpaired) electrons. The molecule has 122 valence electrons. The first-order valence-electron chi connectivity index (χ1n) is 8.23. The summed E-state index contributed by atoms with van der Waals surface area (Å²) in [5.74, 6) is 0. The smallest absolute Gasteiger partial charge is 0.189 e. The summed E-state index contributed by atoms with van der Waals surface area (Å²) in [6.45, 7) is 8.90. The van der Waals surface area contributed by atoms with E-state index in [1.54, 1.807) is 0 Å². The van der Waals surface area contributed by atoms with Gasteiger partial charge in [0.05, 0.1) is 12.7 Å². The van der Waals surface area contributed by atoms with Crippen LogP contribution in [0.25, 0.3) is 0 Å². The first-order chi connectivity index (χ1) is 10.6.